The molecular formula is C33H34ClN7O6S. The second-order valence-electron chi connectivity index (χ2n) is 11.7. The van der Waals surface area contributed by atoms with Gasteiger partial charge in [0.05, 0.1) is 34.5 Å². The number of hydrogen-bond donors (Lipinski definition) is 3. The highest BCUT2D eigenvalue weighted by atomic mass is 35.5. The van der Waals surface area contributed by atoms with Crippen LogP contribution in [0.4, 0.5) is 11.4 Å². The number of aromatic nitrogens is 3. The van der Waals surface area contributed by atoms with Gasteiger partial charge in [-0.2, -0.15) is 0 Å². The zero-order valence-electron chi connectivity index (χ0n) is 26.6. The Balaban J connectivity index is 0.993. The number of anilines is 2. The van der Waals surface area contributed by atoms with Crippen LogP contribution >= 0.6 is 22.9 Å². The maximum Gasteiger partial charge on any atom is 0.272 e. The predicted molar refractivity (Wildman–Crippen MR) is 184 cm³/mol. The van der Waals surface area contributed by atoms with Crippen LogP contribution in [-0.4, -0.2) is 82.5 Å². The summed E-state index contributed by atoms with van der Waals surface area (Å²) < 4.78 is 22.4. The first-order chi connectivity index (χ1) is 23.1. The van der Waals surface area contributed by atoms with Crippen molar-refractivity contribution < 1.29 is 28.6 Å². The Morgan fingerprint density at radius 1 is 0.792 bits per heavy atom. The van der Waals surface area contributed by atoms with Gasteiger partial charge in [-0.15, -0.1) is 11.3 Å². The Hall–Kier alpha value is -4.76. The zero-order valence-corrected chi connectivity index (χ0v) is 28.2. The predicted octanol–water partition coefficient (Wildman–Crippen LogP) is 4.53. The lowest BCUT2D eigenvalue weighted by Crippen LogP contribution is -2.41. The van der Waals surface area contributed by atoms with Crippen LogP contribution in [0.25, 0.3) is 20.5 Å². The van der Waals surface area contributed by atoms with Crippen molar-refractivity contribution in [1.82, 2.24) is 23.9 Å². The summed E-state index contributed by atoms with van der Waals surface area (Å²) in [6, 6.07) is 8.82. The van der Waals surface area contributed by atoms with Gasteiger partial charge in [0.2, 0.25) is 6.79 Å². The van der Waals surface area contributed by atoms with E-state index in [9.17, 15) is 14.4 Å². The number of halogens is 1. The van der Waals surface area contributed by atoms with Gasteiger partial charge in [-0.05, 0) is 24.3 Å². The SMILES string of the molecule is Cn1cc(NC(=O)c2cc(NC(=O)c3cc(-c4sc5cc6c(cc5c4Cl)OCO6)cn3C)cn2C)cc1C(=O)NCCN1CCOCC1. The minimum Gasteiger partial charge on any atom is -0.454 e. The third-order valence-corrected chi connectivity index (χ3v) is 10.1. The molecule has 1 fully saturated rings. The van der Waals surface area contributed by atoms with Gasteiger partial charge < -0.3 is 43.9 Å². The number of nitrogens with one attached hydrogen (secondary N) is 3. The van der Waals surface area contributed by atoms with E-state index in [1.807, 2.05) is 18.3 Å². The van der Waals surface area contributed by atoms with E-state index in [-0.39, 0.29) is 24.5 Å². The lowest BCUT2D eigenvalue weighted by Gasteiger charge is -2.26. The fourth-order valence-corrected chi connectivity index (χ4v) is 7.43. The second-order valence-corrected chi connectivity index (χ2v) is 13.2. The van der Waals surface area contributed by atoms with E-state index in [1.165, 1.54) is 11.3 Å². The number of amides is 3. The monoisotopic (exact) mass is 691 g/mol. The molecule has 48 heavy (non-hydrogen) atoms. The molecule has 0 spiro atoms. The number of benzene rings is 1. The Bertz CT molecular complexity index is 2050. The smallest absolute Gasteiger partial charge is 0.272 e. The average molecular weight is 692 g/mol. The van der Waals surface area contributed by atoms with Gasteiger partial charge >= 0.3 is 0 Å². The molecular weight excluding hydrogens is 658 g/mol. The summed E-state index contributed by atoms with van der Waals surface area (Å²) in [7, 11) is 5.26. The van der Waals surface area contributed by atoms with Crippen LogP contribution in [0.1, 0.15) is 31.5 Å². The molecule has 0 atom stereocenters. The summed E-state index contributed by atoms with van der Waals surface area (Å²) in [6.07, 6.45) is 5.21. The summed E-state index contributed by atoms with van der Waals surface area (Å²) in [5.74, 6) is 0.393. The van der Waals surface area contributed by atoms with Crippen LogP contribution in [0.5, 0.6) is 11.5 Å². The van der Waals surface area contributed by atoms with Crippen molar-refractivity contribution in [2.45, 2.75) is 0 Å². The first-order valence-electron chi connectivity index (χ1n) is 15.4. The highest BCUT2D eigenvalue weighted by Gasteiger charge is 2.23. The molecule has 1 saturated heterocycles. The molecule has 13 nitrogen and oxygen atoms in total. The number of carbonyl (C=O) groups is 3. The lowest BCUT2D eigenvalue weighted by atomic mass is 10.2. The fraction of sp³-hybridized carbons (Fsp3) is 0.303. The van der Waals surface area contributed by atoms with Gasteiger partial charge in [0.25, 0.3) is 17.7 Å². The molecule has 2 aliphatic rings. The number of aryl methyl sites for hydroxylation is 3. The molecule has 5 aromatic rings. The third kappa shape index (κ3) is 6.27. The van der Waals surface area contributed by atoms with Gasteiger partial charge in [0, 0.05) is 87.6 Å². The topological polar surface area (TPSA) is 133 Å². The van der Waals surface area contributed by atoms with Crippen molar-refractivity contribution in [1.29, 1.82) is 0 Å². The summed E-state index contributed by atoms with van der Waals surface area (Å²) in [5.41, 5.74) is 2.92. The maximum atomic E-state index is 13.4. The Morgan fingerprint density at radius 3 is 2.04 bits per heavy atom. The Kier molecular flexibility index (Phi) is 8.64. The molecule has 0 aliphatic carbocycles. The largest absolute Gasteiger partial charge is 0.454 e. The number of ether oxygens (including phenoxy) is 3. The fourth-order valence-electron chi connectivity index (χ4n) is 5.91. The first-order valence-corrected chi connectivity index (χ1v) is 16.6. The molecule has 15 heteroatoms. The molecule has 7 rings (SSSR count). The van der Waals surface area contributed by atoms with Crippen molar-refractivity contribution in [3.05, 3.63) is 71.0 Å². The quantitative estimate of drug-likeness (QED) is 0.207. The van der Waals surface area contributed by atoms with E-state index in [2.05, 4.69) is 20.9 Å². The molecule has 0 radical (unpaired) electrons. The van der Waals surface area contributed by atoms with Crippen LogP contribution in [-0.2, 0) is 25.9 Å². The molecule has 2 aliphatic heterocycles. The van der Waals surface area contributed by atoms with Crippen molar-refractivity contribution >= 4 is 62.1 Å². The highest BCUT2D eigenvalue weighted by molar-refractivity contribution is 7.23. The molecule has 250 valence electrons. The van der Waals surface area contributed by atoms with Gasteiger partial charge in [-0.25, -0.2) is 0 Å². The van der Waals surface area contributed by atoms with Crippen molar-refractivity contribution in [3.63, 3.8) is 0 Å². The van der Waals surface area contributed by atoms with Gasteiger partial charge in [0.15, 0.2) is 11.5 Å². The maximum absolute atomic E-state index is 13.4. The molecule has 3 N–H and O–H groups in total. The van der Waals surface area contributed by atoms with Crippen molar-refractivity contribution in [2.24, 2.45) is 21.1 Å². The van der Waals surface area contributed by atoms with Crippen LogP contribution in [0.15, 0.2) is 48.9 Å². The van der Waals surface area contributed by atoms with Crippen molar-refractivity contribution in [2.75, 3.05) is 56.8 Å². The minimum absolute atomic E-state index is 0.187. The van der Waals surface area contributed by atoms with E-state index in [4.69, 9.17) is 25.8 Å². The van der Waals surface area contributed by atoms with Crippen LogP contribution in [0.3, 0.4) is 0 Å². The summed E-state index contributed by atoms with van der Waals surface area (Å²) >= 11 is 8.29. The molecule has 0 unspecified atom stereocenters. The summed E-state index contributed by atoms with van der Waals surface area (Å²) in [5, 5.41) is 10.1. The molecule has 6 heterocycles. The Morgan fingerprint density at radius 2 is 1.38 bits per heavy atom. The molecule has 3 amide bonds. The normalized spacial score (nSPS) is 14.4. The average Bonchev–Trinajstić information content (AvgIpc) is 3.89. The number of hydrogen-bond acceptors (Lipinski definition) is 8. The van der Waals surface area contributed by atoms with Crippen LogP contribution in [0.2, 0.25) is 5.02 Å². The van der Waals surface area contributed by atoms with E-state index in [1.54, 1.807) is 65.4 Å². The molecule has 4 aromatic heterocycles. The highest BCUT2D eigenvalue weighted by Crippen LogP contribution is 2.47. The number of fused-ring (bicyclic) bond motifs is 2. The number of nitrogens with zero attached hydrogens (tertiary/aromatic N) is 4. The van der Waals surface area contributed by atoms with Gasteiger partial charge in [-0.1, -0.05) is 11.6 Å². The molecule has 0 bridgehead atoms. The van der Waals surface area contributed by atoms with Crippen LogP contribution in [0, 0.1) is 0 Å². The van der Waals surface area contributed by atoms with Crippen LogP contribution < -0.4 is 25.4 Å². The van der Waals surface area contributed by atoms with E-state index < -0.39 is 0 Å². The number of carbonyl (C=O) groups excluding carboxylic acids is 3. The zero-order chi connectivity index (χ0) is 33.5. The Labute approximate surface area is 284 Å². The van der Waals surface area contributed by atoms with Gasteiger partial charge in [-0.3, -0.25) is 19.3 Å². The summed E-state index contributed by atoms with van der Waals surface area (Å²) in [4.78, 5) is 42.5. The number of rotatable bonds is 9. The number of morpholine rings is 1. The number of thiophene rings is 1. The van der Waals surface area contributed by atoms with E-state index in [0.29, 0.717) is 64.7 Å². The standard InChI is InChI=1S/C33H34ClN7O6S/c1-38-15-19(30-29(34)22-13-26-27(47-18-46-26)14-28(22)48-30)10-23(38)32(43)36-21-12-25(40(3)17-21)33(44)37-20-11-24(39(2)16-20)31(42)35-4-5-41-6-8-45-9-7-41/h10-17H,4-9,18H2,1-3H3,(H,35,42)(H,36,43)(H,37,44). The second kappa shape index (κ2) is 13.0. The molecule has 1 aromatic carbocycles. The third-order valence-electron chi connectivity index (χ3n) is 8.43. The summed E-state index contributed by atoms with van der Waals surface area (Å²) in [6.45, 7) is 4.56. The van der Waals surface area contributed by atoms with Crippen molar-refractivity contribution in [3.8, 4) is 21.9 Å². The first kappa shape index (κ1) is 31.8. The lowest BCUT2D eigenvalue weighted by molar-refractivity contribution is 0.0383. The minimum atomic E-state index is -0.384. The van der Waals surface area contributed by atoms with Gasteiger partial charge in [0.1, 0.15) is 17.1 Å². The van der Waals surface area contributed by atoms with E-state index in [0.717, 1.165) is 40.2 Å². The molecule has 0 saturated carbocycles. The van der Waals surface area contributed by atoms with E-state index >= 15 is 0 Å².